The summed E-state index contributed by atoms with van der Waals surface area (Å²) in [4.78, 5) is 0. The highest BCUT2D eigenvalue weighted by Crippen LogP contribution is 2.30. The van der Waals surface area contributed by atoms with Crippen molar-refractivity contribution in [2.45, 2.75) is 42.7 Å². The van der Waals surface area contributed by atoms with Crippen LogP contribution in [-0.4, -0.2) is 74.9 Å². The first-order chi connectivity index (χ1) is 10.7. The van der Waals surface area contributed by atoms with Gasteiger partial charge in [-0.2, -0.15) is 8.42 Å². The summed E-state index contributed by atoms with van der Waals surface area (Å²) in [5.41, 5.74) is -1.16. The Morgan fingerprint density at radius 2 is 2.00 bits per heavy atom. The van der Waals surface area contributed by atoms with E-state index in [9.17, 15) is 28.3 Å². The summed E-state index contributed by atoms with van der Waals surface area (Å²) in [7, 11) is -5.04. The highest BCUT2D eigenvalue weighted by atomic mass is 32.3. The van der Waals surface area contributed by atoms with Crippen LogP contribution in [0.25, 0.3) is 0 Å². The van der Waals surface area contributed by atoms with Gasteiger partial charge in [-0.15, -0.1) is 6.58 Å². The zero-order chi connectivity index (χ0) is 17.6. The van der Waals surface area contributed by atoms with Gasteiger partial charge in [0.2, 0.25) is 0 Å². The number of nitrogens with zero attached hydrogens (tertiary/aromatic N) is 1. The lowest BCUT2D eigenvalue weighted by molar-refractivity contribution is -0.205. The standard InChI is InChI=1S/C11H19NO9S2/c1-2-3-4-7(12-21-23(17,18)19)22-11-10(16)9(15)8(14)6(5-13)20-11/h2,6,8-11,13-16H,1,3-5H2,(H,17,18,19)/p-1/b12-7-. The van der Waals surface area contributed by atoms with Gasteiger partial charge in [0.15, 0.2) is 0 Å². The van der Waals surface area contributed by atoms with Crippen molar-refractivity contribution in [3.8, 4) is 0 Å². The van der Waals surface area contributed by atoms with Gasteiger partial charge >= 0.3 is 0 Å². The van der Waals surface area contributed by atoms with Crippen LogP contribution < -0.4 is 0 Å². The van der Waals surface area contributed by atoms with Crippen molar-refractivity contribution in [3.05, 3.63) is 12.7 Å². The first-order valence-corrected chi connectivity index (χ1v) is 8.70. The second kappa shape index (κ2) is 8.94. The van der Waals surface area contributed by atoms with E-state index in [0.29, 0.717) is 18.2 Å². The zero-order valence-electron chi connectivity index (χ0n) is 11.9. The van der Waals surface area contributed by atoms with Gasteiger partial charge in [-0.3, -0.25) is 4.28 Å². The number of ether oxygens (including phenoxy) is 1. The minimum Gasteiger partial charge on any atom is -0.714 e. The Morgan fingerprint density at radius 1 is 1.35 bits per heavy atom. The average Bonchev–Trinajstić information content (AvgIpc) is 2.49. The molecule has 0 aromatic rings. The first-order valence-electron chi connectivity index (χ1n) is 6.49. The Labute approximate surface area is 137 Å². The first kappa shape index (κ1) is 20.3. The molecule has 4 N–H and O–H groups in total. The zero-order valence-corrected chi connectivity index (χ0v) is 13.5. The van der Waals surface area contributed by atoms with E-state index in [-0.39, 0.29) is 11.5 Å². The highest BCUT2D eigenvalue weighted by Gasteiger charge is 2.44. The van der Waals surface area contributed by atoms with Crippen LogP contribution in [0.15, 0.2) is 17.8 Å². The Morgan fingerprint density at radius 3 is 2.52 bits per heavy atom. The maximum Gasteiger partial charge on any atom is 0.284 e. The van der Waals surface area contributed by atoms with Gasteiger partial charge < -0.3 is 29.7 Å². The van der Waals surface area contributed by atoms with Crippen LogP contribution in [0.5, 0.6) is 0 Å². The topological polar surface area (TPSA) is 169 Å². The van der Waals surface area contributed by atoms with Crippen LogP contribution in [0.3, 0.4) is 0 Å². The minimum absolute atomic E-state index is 0.00588. The van der Waals surface area contributed by atoms with Crippen molar-refractivity contribution in [2.24, 2.45) is 5.16 Å². The quantitative estimate of drug-likeness (QED) is 0.101. The van der Waals surface area contributed by atoms with Crippen LogP contribution >= 0.6 is 11.8 Å². The summed E-state index contributed by atoms with van der Waals surface area (Å²) in [6, 6.07) is 0. The normalized spacial score (nSPS) is 32.6. The van der Waals surface area contributed by atoms with Gasteiger partial charge in [-0.25, -0.2) is 0 Å². The molecule has 12 heteroatoms. The van der Waals surface area contributed by atoms with E-state index in [4.69, 9.17) is 9.84 Å². The Bertz CT molecular complexity index is 522. The summed E-state index contributed by atoms with van der Waals surface area (Å²) >= 11 is 0.699. The molecule has 0 bridgehead atoms. The highest BCUT2D eigenvalue weighted by molar-refractivity contribution is 8.14. The fourth-order valence-corrected chi connectivity index (χ4v) is 3.05. The lowest BCUT2D eigenvalue weighted by Gasteiger charge is -2.39. The smallest absolute Gasteiger partial charge is 0.284 e. The predicted octanol–water partition coefficient (Wildman–Crippen LogP) is -1.72. The van der Waals surface area contributed by atoms with Gasteiger partial charge in [0.25, 0.3) is 10.4 Å². The van der Waals surface area contributed by atoms with E-state index in [1.807, 2.05) is 0 Å². The number of thioether (sulfide) groups is 1. The number of aliphatic hydroxyl groups is 4. The fourth-order valence-electron chi connectivity index (χ4n) is 1.74. The van der Waals surface area contributed by atoms with E-state index in [1.54, 1.807) is 0 Å². The maximum atomic E-state index is 10.5. The molecule has 0 aliphatic carbocycles. The fraction of sp³-hybridized carbons (Fsp3) is 0.727. The van der Waals surface area contributed by atoms with Crippen molar-refractivity contribution in [1.82, 2.24) is 0 Å². The molecule has 0 amide bonds. The van der Waals surface area contributed by atoms with Crippen LogP contribution in [-0.2, 0) is 19.4 Å². The Balaban J connectivity index is 2.86. The van der Waals surface area contributed by atoms with Gasteiger partial charge in [0.1, 0.15) is 34.9 Å². The number of allylic oxidation sites excluding steroid dienone is 1. The van der Waals surface area contributed by atoms with Crippen molar-refractivity contribution < 1.29 is 42.4 Å². The molecule has 1 saturated heterocycles. The molecule has 5 atom stereocenters. The van der Waals surface area contributed by atoms with Crippen LogP contribution in [0.1, 0.15) is 12.8 Å². The third-order valence-corrected chi connectivity index (χ3v) is 4.32. The second-order valence-corrected chi connectivity index (χ2v) is 6.75. The molecular weight excluding hydrogens is 354 g/mol. The number of aliphatic hydroxyl groups excluding tert-OH is 4. The van der Waals surface area contributed by atoms with E-state index < -0.39 is 46.9 Å². The Kier molecular flexibility index (Phi) is 7.89. The maximum absolute atomic E-state index is 10.5. The van der Waals surface area contributed by atoms with Crippen molar-refractivity contribution in [3.63, 3.8) is 0 Å². The van der Waals surface area contributed by atoms with Crippen molar-refractivity contribution in [1.29, 1.82) is 0 Å². The third-order valence-electron chi connectivity index (χ3n) is 2.89. The van der Waals surface area contributed by atoms with Gasteiger partial charge in [0, 0.05) is 6.42 Å². The lowest BCUT2D eigenvalue weighted by atomic mass is 10.0. The van der Waals surface area contributed by atoms with E-state index >= 15 is 0 Å². The summed E-state index contributed by atoms with van der Waals surface area (Å²) < 4.78 is 40.4. The summed E-state index contributed by atoms with van der Waals surface area (Å²) in [5.74, 6) is 0. The van der Waals surface area contributed by atoms with Crippen LogP contribution in [0.2, 0.25) is 0 Å². The van der Waals surface area contributed by atoms with Crippen LogP contribution in [0.4, 0.5) is 0 Å². The molecule has 23 heavy (non-hydrogen) atoms. The molecule has 0 saturated carbocycles. The van der Waals surface area contributed by atoms with E-state index in [2.05, 4.69) is 16.0 Å². The molecule has 0 aromatic heterocycles. The number of rotatable bonds is 7. The van der Waals surface area contributed by atoms with Crippen molar-refractivity contribution >= 4 is 27.2 Å². The molecular formula is C11H18NO9S2-. The van der Waals surface area contributed by atoms with E-state index in [1.165, 1.54) is 6.08 Å². The molecule has 134 valence electrons. The molecule has 10 nitrogen and oxygen atoms in total. The molecule has 1 aliphatic rings. The van der Waals surface area contributed by atoms with Gasteiger partial charge in [0.05, 0.1) is 6.61 Å². The molecule has 1 aliphatic heterocycles. The number of hydrogen-bond donors (Lipinski definition) is 4. The number of hydrogen-bond acceptors (Lipinski definition) is 11. The minimum atomic E-state index is -5.04. The number of oxime groups is 1. The average molecular weight is 372 g/mol. The largest absolute Gasteiger partial charge is 0.714 e. The molecule has 0 spiro atoms. The molecule has 1 rings (SSSR count). The van der Waals surface area contributed by atoms with E-state index in [0.717, 1.165) is 0 Å². The summed E-state index contributed by atoms with van der Waals surface area (Å²) in [6.07, 6.45) is -3.73. The molecule has 1 fully saturated rings. The Hall–Kier alpha value is -0.730. The SMILES string of the molecule is C=CCC/C(=N/OS(=O)(=O)[O-])SC1OC(CO)C(O)C(O)C1O. The monoisotopic (exact) mass is 372 g/mol. The predicted molar refractivity (Wildman–Crippen MR) is 79.0 cm³/mol. The lowest BCUT2D eigenvalue weighted by Crippen LogP contribution is -2.57. The molecule has 5 unspecified atom stereocenters. The molecule has 1 heterocycles. The van der Waals surface area contributed by atoms with Crippen molar-refractivity contribution in [2.75, 3.05) is 6.61 Å². The summed E-state index contributed by atoms with van der Waals surface area (Å²) in [5, 5.41) is 41.5. The van der Waals surface area contributed by atoms with Crippen LogP contribution in [0, 0.1) is 0 Å². The van der Waals surface area contributed by atoms with Gasteiger partial charge in [-0.1, -0.05) is 23.0 Å². The summed E-state index contributed by atoms with van der Waals surface area (Å²) in [6.45, 7) is 2.87. The molecule has 0 aromatic carbocycles. The van der Waals surface area contributed by atoms with Gasteiger partial charge in [-0.05, 0) is 6.42 Å². The third kappa shape index (κ3) is 6.35. The second-order valence-electron chi connectivity index (χ2n) is 4.61. The molecule has 0 radical (unpaired) electrons.